The molecule has 72 valence electrons. The smallest absolute Gasteiger partial charge is 0.230 e. The molecule has 0 spiro atoms. The van der Waals surface area contributed by atoms with E-state index in [0.29, 0.717) is 0 Å². The number of nitrogens with zero attached hydrogens (tertiary/aromatic N) is 1. The highest BCUT2D eigenvalue weighted by Crippen LogP contribution is 2.10. The summed E-state index contributed by atoms with van der Waals surface area (Å²) in [5.41, 5.74) is 0. The van der Waals surface area contributed by atoms with Crippen LogP contribution in [0.1, 0.15) is 27.7 Å². The van der Waals surface area contributed by atoms with Gasteiger partial charge in [0.05, 0.1) is 27.7 Å². The van der Waals surface area contributed by atoms with Crippen molar-refractivity contribution < 1.29 is 23.7 Å². The number of hydrogen-bond donors (Lipinski definition) is 0. The minimum absolute atomic E-state index is 0.771. The molecule has 5 nitrogen and oxygen atoms in total. The Balaban J connectivity index is 5.60. The van der Waals surface area contributed by atoms with Crippen molar-refractivity contribution in [2.24, 2.45) is 0 Å². The minimum Gasteiger partial charge on any atom is -0.230 e. The number of quaternary nitrogens is 1. The van der Waals surface area contributed by atoms with Gasteiger partial charge in [-0.2, -0.15) is 0 Å². The lowest BCUT2D eigenvalue weighted by atomic mass is 10.3. The molecular formula is C8H12NO4+. The number of rotatable bonds is 0. The van der Waals surface area contributed by atoms with Crippen molar-refractivity contribution in [3.63, 3.8) is 0 Å². The average molecular weight is 186 g/mol. The standard InChI is InChI=1S/C8H12NO4/c1-5(10)9(6(2)11,7(3)12)8(4)13/h1-4H3/q+1. The first-order valence-corrected chi connectivity index (χ1v) is 3.71. The lowest BCUT2D eigenvalue weighted by Gasteiger charge is -2.22. The maximum atomic E-state index is 11.1. The van der Waals surface area contributed by atoms with E-state index < -0.39 is 28.1 Å². The topological polar surface area (TPSA) is 68.3 Å². The molecule has 0 saturated carbocycles. The predicted molar refractivity (Wildman–Crippen MR) is 43.0 cm³/mol. The van der Waals surface area contributed by atoms with Crippen molar-refractivity contribution in [2.45, 2.75) is 27.7 Å². The Bertz CT molecular complexity index is 231. The van der Waals surface area contributed by atoms with Crippen LogP contribution >= 0.6 is 0 Å². The van der Waals surface area contributed by atoms with Crippen molar-refractivity contribution in [3.05, 3.63) is 0 Å². The third-order valence-corrected chi connectivity index (χ3v) is 1.89. The summed E-state index contributed by atoms with van der Waals surface area (Å²) < 4.78 is -1.33. The molecule has 0 aromatic heterocycles. The maximum absolute atomic E-state index is 11.1. The molecule has 0 unspecified atom stereocenters. The molecule has 4 amide bonds. The lowest BCUT2D eigenvalue weighted by Crippen LogP contribution is -2.61. The number of carbonyl (C=O) groups excluding carboxylic acids is 4. The van der Waals surface area contributed by atoms with Crippen molar-refractivity contribution in [1.82, 2.24) is 0 Å². The fourth-order valence-electron chi connectivity index (χ4n) is 1.33. The number of carbonyl (C=O) groups is 4. The van der Waals surface area contributed by atoms with E-state index in [-0.39, 0.29) is 0 Å². The highest BCUT2D eigenvalue weighted by molar-refractivity contribution is 6.07. The van der Waals surface area contributed by atoms with E-state index in [9.17, 15) is 19.2 Å². The molecular weight excluding hydrogens is 174 g/mol. The number of hydrogen-bond acceptors (Lipinski definition) is 4. The van der Waals surface area contributed by atoms with Crippen LogP contribution in [-0.4, -0.2) is 28.1 Å². The summed E-state index contributed by atoms with van der Waals surface area (Å²) in [5.74, 6) is -3.08. The normalized spacial score (nSPS) is 10.8. The second kappa shape index (κ2) is 3.57. The van der Waals surface area contributed by atoms with Crippen LogP contribution < -0.4 is 0 Å². The Labute approximate surface area is 75.9 Å². The van der Waals surface area contributed by atoms with Gasteiger partial charge >= 0.3 is 23.6 Å². The van der Waals surface area contributed by atoms with E-state index in [0.717, 1.165) is 27.7 Å². The van der Waals surface area contributed by atoms with Gasteiger partial charge in [-0.25, -0.2) is 19.2 Å². The molecule has 0 N–H and O–H groups in total. The van der Waals surface area contributed by atoms with Crippen LogP contribution in [0.25, 0.3) is 0 Å². The number of amides is 4. The first-order chi connectivity index (χ1) is 5.77. The molecule has 0 heterocycles. The van der Waals surface area contributed by atoms with E-state index >= 15 is 0 Å². The van der Waals surface area contributed by atoms with Gasteiger partial charge in [0.1, 0.15) is 0 Å². The molecule has 0 rings (SSSR count). The Morgan fingerprint density at radius 3 is 0.769 bits per heavy atom. The van der Waals surface area contributed by atoms with Crippen molar-refractivity contribution in [3.8, 4) is 0 Å². The fraction of sp³-hybridized carbons (Fsp3) is 0.500. The average Bonchev–Trinajstić information content (AvgIpc) is 1.82. The Hall–Kier alpha value is -1.36. The van der Waals surface area contributed by atoms with Gasteiger partial charge in [-0.05, 0) is 0 Å². The van der Waals surface area contributed by atoms with Crippen LogP contribution in [0.5, 0.6) is 0 Å². The van der Waals surface area contributed by atoms with E-state index in [4.69, 9.17) is 0 Å². The molecule has 0 aliphatic rings. The molecule has 13 heavy (non-hydrogen) atoms. The summed E-state index contributed by atoms with van der Waals surface area (Å²) in [6, 6.07) is 0. The van der Waals surface area contributed by atoms with Gasteiger partial charge in [-0.15, -0.1) is 0 Å². The molecule has 0 aliphatic heterocycles. The third kappa shape index (κ3) is 1.55. The lowest BCUT2D eigenvalue weighted by molar-refractivity contribution is -0.624. The first-order valence-electron chi connectivity index (χ1n) is 3.71. The second-order valence-electron chi connectivity index (χ2n) is 2.75. The molecule has 0 aliphatic carbocycles. The van der Waals surface area contributed by atoms with Gasteiger partial charge in [0.25, 0.3) is 0 Å². The van der Waals surface area contributed by atoms with Crippen LogP contribution in [0, 0.1) is 0 Å². The summed E-state index contributed by atoms with van der Waals surface area (Å²) in [5, 5.41) is 0. The second-order valence-corrected chi connectivity index (χ2v) is 2.75. The molecule has 5 heteroatoms. The van der Waals surface area contributed by atoms with Gasteiger partial charge in [0.2, 0.25) is 0 Å². The maximum Gasteiger partial charge on any atom is 0.332 e. The molecule has 0 radical (unpaired) electrons. The molecule has 0 saturated heterocycles. The number of imide groups is 6. The first kappa shape index (κ1) is 11.6. The molecule has 0 atom stereocenters. The Morgan fingerprint density at radius 1 is 0.615 bits per heavy atom. The van der Waals surface area contributed by atoms with Crippen LogP contribution in [0.4, 0.5) is 0 Å². The minimum atomic E-state index is -1.33. The molecule has 0 aromatic rings. The van der Waals surface area contributed by atoms with Gasteiger partial charge in [0, 0.05) is 0 Å². The largest absolute Gasteiger partial charge is 0.332 e. The third-order valence-electron chi connectivity index (χ3n) is 1.89. The van der Waals surface area contributed by atoms with Crippen molar-refractivity contribution >= 4 is 23.6 Å². The quantitative estimate of drug-likeness (QED) is 0.499. The fourth-order valence-corrected chi connectivity index (χ4v) is 1.33. The molecule has 0 fully saturated rings. The van der Waals surface area contributed by atoms with Crippen LogP contribution in [-0.2, 0) is 19.2 Å². The zero-order valence-electron chi connectivity index (χ0n) is 8.08. The molecule has 0 bridgehead atoms. The van der Waals surface area contributed by atoms with Crippen molar-refractivity contribution in [2.75, 3.05) is 0 Å². The Kier molecular flexibility index (Phi) is 3.20. The van der Waals surface area contributed by atoms with Crippen molar-refractivity contribution in [1.29, 1.82) is 0 Å². The Morgan fingerprint density at radius 2 is 0.769 bits per heavy atom. The monoisotopic (exact) mass is 186 g/mol. The zero-order valence-corrected chi connectivity index (χ0v) is 8.08. The zero-order chi connectivity index (χ0) is 10.8. The van der Waals surface area contributed by atoms with Crippen LogP contribution in [0.3, 0.4) is 0 Å². The summed E-state index contributed by atoms with van der Waals surface area (Å²) in [6.45, 7) is 4.18. The highest BCUT2D eigenvalue weighted by Gasteiger charge is 2.49. The molecule has 0 aromatic carbocycles. The van der Waals surface area contributed by atoms with E-state index in [1.807, 2.05) is 0 Å². The summed E-state index contributed by atoms with van der Waals surface area (Å²) in [7, 11) is 0. The van der Waals surface area contributed by atoms with E-state index in [2.05, 4.69) is 0 Å². The summed E-state index contributed by atoms with van der Waals surface area (Å²) in [4.78, 5) is 44.4. The van der Waals surface area contributed by atoms with Gasteiger partial charge in [-0.1, -0.05) is 4.48 Å². The van der Waals surface area contributed by atoms with E-state index in [1.54, 1.807) is 0 Å². The predicted octanol–water partition coefficient (Wildman–Crippen LogP) is -0.0108. The SMILES string of the molecule is CC(=O)[N+](C(C)=O)(C(C)=O)C(C)=O. The summed E-state index contributed by atoms with van der Waals surface area (Å²) >= 11 is 0. The summed E-state index contributed by atoms with van der Waals surface area (Å²) in [6.07, 6.45) is 0. The highest BCUT2D eigenvalue weighted by atomic mass is 16.2. The van der Waals surface area contributed by atoms with Gasteiger partial charge < -0.3 is 0 Å². The van der Waals surface area contributed by atoms with Gasteiger partial charge in [0.15, 0.2) is 0 Å². The van der Waals surface area contributed by atoms with Crippen LogP contribution in [0.15, 0.2) is 0 Å². The van der Waals surface area contributed by atoms with Crippen LogP contribution in [0.2, 0.25) is 0 Å². The van der Waals surface area contributed by atoms with E-state index in [1.165, 1.54) is 0 Å². The van der Waals surface area contributed by atoms with Gasteiger partial charge in [-0.3, -0.25) is 0 Å².